The third-order valence-corrected chi connectivity index (χ3v) is 6.28. The highest BCUT2D eigenvalue weighted by molar-refractivity contribution is 5.75. The molecule has 3 aliphatic rings. The van der Waals surface area contributed by atoms with Gasteiger partial charge in [0.15, 0.2) is 0 Å². The fraction of sp³-hybridized carbons (Fsp3) is 0.895. The molecule has 0 spiro atoms. The Kier molecular flexibility index (Phi) is 7.90. The molecular formula is C19H37N7O2. The Morgan fingerprint density at radius 1 is 1.04 bits per heavy atom. The zero-order valence-electron chi connectivity index (χ0n) is 17.1. The first kappa shape index (κ1) is 21.3. The minimum atomic E-state index is -0.295. The zero-order valence-corrected chi connectivity index (χ0v) is 17.1. The predicted molar refractivity (Wildman–Crippen MR) is 108 cm³/mol. The molecule has 0 radical (unpaired) electrons. The molecule has 2 heterocycles. The average Bonchev–Trinajstić information content (AvgIpc) is 2.67. The van der Waals surface area contributed by atoms with Crippen molar-refractivity contribution >= 4 is 11.9 Å². The lowest BCUT2D eigenvalue weighted by molar-refractivity contribution is -0.120. The molecule has 3 rings (SSSR count). The van der Waals surface area contributed by atoms with Crippen LogP contribution < -0.4 is 37.2 Å². The molecule has 160 valence electrons. The van der Waals surface area contributed by atoms with Crippen LogP contribution in [0.2, 0.25) is 0 Å². The summed E-state index contributed by atoms with van der Waals surface area (Å²) in [7, 11) is 1.64. The van der Waals surface area contributed by atoms with E-state index in [9.17, 15) is 9.59 Å². The maximum atomic E-state index is 12.5. The highest BCUT2D eigenvalue weighted by Crippen LogP contribution is 2.33. The van der Waals surface area contributed by atoms with E-state index in [1.165, 1.54) is 12.8 Å². The number of carbonyl (C=O) groups is 2. The van der Waals surface area contributed by atoms with E-state index < -0.39 is 0 Å². The zero-order chi connectivity index (χ0) is 19.9. The van der Waals surface area contributed by atoms with Crippen LogP contribution in [0.25, 0.3) is 0 Å². The van der Waals surface area contributed by atoms with Gasteiger partial charge in [0.25, 0.3) is 0 Å². The third kappa shape index (κ3) is 6.30. The van der Waals surface area contributed by atoms with Gasteiger partial charge in [-0.2, -0.15) is 0 Å². The number of amides is 3. The summed E-state index contributed by atoms with van der Waals surface area (Å²) in [6.07, 6.45) is 5.64. The second-order valence-corrected chi connectivity index (χ2v) is 8.47. The molecule has 0 aromatic heterocycles. The Morgan fingerprint density at radius 3 is 2.71 bits per heavy atom. The van der Waals surface area contributed by atoms with Crippen LogP contribution in [0, 0.1) is 11.8 Å². The van der Waals surface area contributed by atoms with Gasteiger partial charge in [-0.1, -0.05) is 0 Å². The molecule has 9 heteroatoms. The van der Waals surface area contributed by atoms with Crippen molar-refractivity contribution in [3.05, 3.63) is 0 Å². The molecule has 3 amide bonds. The smallest absolute Gasteiger partial charge is 0.317 e. The number of hydrogen-bond donors (Lipinski definition) is 7. The minimum absolute atomic E-state index is 0.0204. The normalized spacial score (nSPS) is 35.5. The molecule has 0 bridgehead atoms. The number of fused-ring (bicyclic) bond motifs is 1. The van der Waals surface area contributed by atoms with Crippen LogP contribution in [0.15, 0.2) is 0 Å². The molecule has 3 fully saturated rings. The van der Waals surface area contributed by atoms with Gasteiger partial charge in [0.2, 0.25) is 5.91 Å². The highest BCUT2D eigenvalue weighted by Gasteiger charge is 2.33. The maximum absolute atomic E-state index is 12.5. The topological polar surface area (TPSA) is 118 Å². The Balaban J connectivity index is 1.39. The molecule has 6 unspecified atom stereocenters. The van der Waals surface area contributed by atoms with Gasteiger partial charge in [0.1, 0.15) is 6.29 Å². The van der Waals surface area contributed by atoms with Gasteiger partial charge in [0, 0.05) is 32.1 Å². The van der Waals surface area contributed by atoms with Crippen LogP contribution in [-0.4, -0.2) is 63.2 Å². The first-order valence-electron chi connectivity index (χ1n) is 10.8. The summed E-state index contributed by atoms with van der Waals surface area (Å²) in [4.78, 5) is 23.9. The first-order chi connectivity index (χ1) is 13.5. The van der Waals surface area contributed by atoms with Crippen molar-refractivity contribution in [2.24, 2.45) is 11.8 Å². The number of urea groups is 1. The number of piperidine rings is 1. The molecule has 28 heavy (non-hydrogen) atoms. The highest BCUT2D eigenvalue weighted by atomic mass is 16.2. The first-order valence-corrected chi connectivity index (χ1v) is 10.8. The SMILES string of the molecule is CNC(=O)CCNC1CC(C)NC(NC(=O)NC2CCC3CNCCC3C2)N1. The van der Waals surface area contributed by atoms with Gasteiger partial charge in [-0.3, -0.25) is 15.4 Å². The molecule has 9 nitrogen and oxygen atoms in total. The molecule has 2 saturated heterocycles. The van der Waals surface area contributed by atoms with E-state index in [4.69, 9.17) is 0 Å². The van der Waals surface area contributed by atoms with Crippen LogP contribution in [-0.2, 0) is 4.79 Å². The van der Waals surface area contributed by atoms with Crippen LogP contribution in [0.1, 0.15) is 45.4 Å². The molecule has 6 atom stereocenters. The number of carbonyl (C=O) groups excluding carboxylic acids is 2. The van der Waals surface area contributed by atoms with Crippen molar-refractivity contribution in [3.8, 4) is 0 Å². The summed E-state index contributed by atoms with van der Waals surface area (Å²) in [5.74, 6) is 1.53. The summed E-state index contributed by atoms with van der Waals surface area (Å²) in [6.45, 7) is 4.93. The largest absolute Gasteiger partial charge is 0.359 e. The molecule has 0 aromatic carbocycles. The summed E-state index contributed by atoms with van der Waals surface area (Å²) < 4.78 is 0. The van der Waals surface area contributed by atoms with Gasteiger partial charge >= 0.3 is 6.03 Å². The standard InChI is InChI=1S/C19H37N7O2/c1-12-9-16(22-8-6-17(27)20-2)25-18(23-12)26-19(28)24-15-4-3-14-11-21-7-5-13(14)10-15/h12-16,18,21-23,25H,3-11H2,1-2H3,(H,20,27)(H2,24,26,28). The van der Waals surface area contributed by atoms with Crippen molar-refractivity contribution in [2.75, 3.05) is 26.7 Å². The fourth-order valence-corrected chi connectivity index (χ4v) is 4.75. The maximum Gasteiger partial charge on any atom is 0.317 e. The monoisotopic (exact) mass is 395 g/mol. The van der Waals surface area contributed by atoms with Crippen molar-refractivity contribution in [1.29, 1.82) is 0 Å². The number of nitrogens with one attached hydrogen (secondary N) is 7. The second-order valence-electron chi connectivity index (χ2n) is 8.47. The van der Waals surface area contributed by atoms with E-state index in [1.807, 2.05) is 0 Å². The van der Waals surface area contributed by atoms with Crippen LogP contribution in [0.5, 0.6) is 0 Å². The summed E-state index contributed by atoms with van der Waals surface area (Å²) in [5, 5.41) is 22.3. The fourth-order valence-electron chi connectivity index (χ4n) is 4.75. The summed E-state index contributed by atoms with van der Waals surface area (Å²) in [6, 6.07) is 0.400. The quantitative estimate of drug-likeness (QED) is 0.322. The van der Waals surface area contributed by atoms with Crippen molar-refractivity contribution < 1.29 is 9.59 Å². The lowest BCUT2D eigenvalue weighted by Crippen LogP contribution is -2.68. The molecule has 2 aliphatic heterocycles. The summed E-state index contributed by atoms with van der Waals surface area (Å²) >= 11 is 0. The molecule has 7 N–H and O–H groups in total. The average molecular weight is 396 g/mol. The number of hydrogen-bond acceptors (Lipinski definition) is 6. The van der Waals surface area contributed by atoms with Gasteiger partial charge in [-0.25, -0.2) is 4.79 Å². The van der Waals surface area contributed by atoms with E-state index in [0.29, 0.717) is 13.0 Å². The molecule has 1 saturated carbocycles. The minimum Gasteiger partial charge on any atom is -0.359 e. The van der Waals surface area contributed by atoms with Crippen LogP contribution >= 0.6 is 0 Å². The molecule has 0 aromatic rings. The Hall–Kier alpha value is -1.42. The number of rotatable bonds is 6. The third-order valence-electron chi connectivity index (χ3n) is 6.28. The van der Waals surface area contributed by atoms with Gasteiger partial charge in [-0.05, 0) is 64.0 Å². The Bertz CT molecular complexity index is 532. The van der Waals surface area contributed by atoms with Gasteiger partial charge in [0.05, 0.1) is 6.17 Å². The van der Waals surface area contributed by atoms with E-state index in [1.54, 1.807) is 7.05 Å². The van der Waals surface area contributed by atoms with E-state index >= 15 is 0 Å². The van der Waals surface area contributed by atoms with Crippen LogP contribution in [0.3, 0.4) is 0 Å². The molecular weight excluding hydrogens is 358 g/mol. The van der Waals surface area contributed by atoms with E-state index in [2.05, 4.69) is 44.1 Å². The summed E-state index contributed by atoms with van der Waals surface area (Å²) in [5.41, 5.74) is 0. The lowest BCUT2D eigenvalue weighted by Gasteiger charge is -2.40. The van der Waals surface area contributed by atoms with Crippen molar-refractivity contribution in [1.82, 2.24) is 37.2 Å². The van der Waals surface area contributed by atoms with Crippen LogP contribution in [0.4, 0.5) is 4.79 Å². The van der Waals surface area contributed by atoms with Crippen molar-refractivity contribution in [3.63, 3.8) is 0 Å². The van der Waals surface area contributed by atoms with E-state index in [-0.39, 0.29) is 36.5 Å². The van der Waals surface area contributed by atoms with Gasteiger partial charge in [-0.15, -0.1) is 0 Å². The van der Waals surface area contributed by atoms with Gasteiger partial charge < -0.3 is 26.6 Å². The van der Waals surface area contributed by atoms with E-state index in [0.717, 1.165) is 44.2 Å². The second kappa shape index (κ2) is 10.4. The Labute approximate surface area is 167 Å². The lowest BCUT2D eigenvalue weighted by atomic mass is 9.73. The van der Waals surface area contributed by atoms with Crippen molar-refractivity contribution in [2.45, 2.75) is 70.0 Å². The Morgan fingerprint density at radius 2 is 1.89 bits per heavy atom. The predicted octanol–water partition coefficient (Wildman–Crippen LogP) is -0.629. The molecule has 1 aliphatic carbocycles.